The van der Waals surface area contributed by atoms with Crippen LogP contribution in [0.15, 0.2) is 140 Å². The SMILES string of the molecule is CC(C)OC(=O)OCOc1c(C(Nc2ccccn2)c2ccc([N+](=O)[O-])c(CC(C)OC(=O)OCOc3ccc(Cl)cc3C(Nc3ccccn3)c3ccc([N+](=O)[O-])cc3)c2)ccc2cccnc12. The summed E-state index contributed by atoms with van der Waals surface area (Å²) < 4.78 is 33.3. The van der Waals surface area contributed by atoms with Crippen LogP contribution < -0.4 is 20.1 Å². The minimum Gasteiger partial charge on any atom is -0.457 e. The average Bonchev–Trinajstić information content (AvgIpc) is 3.33. The van der Waals surface area contributed by atoms with Crippen molar-refractivity contribution >= 4 is 57.8 Å². The lowest BCUT2D eigenvalue weighted by Gasteiger charge is -2.24. The molecule has 0 aliphatic carbocycles. The van der Waals surface area contributed by atoms with Gasteiger partial charge in [-0.1, -0.05) is 41.9 Å². The molecule has 2 N–H and O–H groups in total. The summed E-state index contributed by atoms with van der Waals surface area (Å²) in [6.45, 7) is 3.80. The lowest BCUT2D eigenvalue weighted by Crippen LogP contribution is -2.21. The number of benzene rings is 4. The van der Waals surface area contributed by atoms with Crippen molar-refractivity contribution in [3.05, 3.63) is 193 Å². The van der Waals surface area contributed by atoms with Crippen LogP contribution in [0.1, 0.15) is 60.7 Å². The van der Waals surface area contributed by atoms with Crippen molar-refractivity contribution in [2.24, 2.45) is 0 Å². The Kier molecular flexibility index (Phi) is 15.9. The van der Waals surface area contributed by atoms with E-state index in [2.05, 4.69) is 25.6 Å². The van der Waals surface area contributed by atoms with E-state index >= 15 is 0 Å². The third kappa shape index (κ3) is 12.9. The van der Waals surface area contributed by atoms with Crippen LogP contribution in [0.25, 0.3) is 10.9 Å². The third-order valence-electron chi connectivity index (χ3n) is 10.2. The fraction of sp³-hybridized carbons (Fsp3) is 0.204. The van der Waals surface area contributed by atoms with Crippen molar-refractivity contribution in [1.29, 1.82) is 0 Å². The first-order valence-corrected chi connectivity index (χ1v) is 21.7. The highest BCUT2D eigenvalue weighted by molar-refractivity contribution is 6.30. The molecule has 354 valence electrons. The van der Waals surface area contributed by atoms with E-state index in [0.717, 1.165) is 5.39 Å². The van der Waals surface area contributed by atoms with Crippen molar-refractivity contribution in [1.82, 2.24) is 15.0 Å². The van der Waals surface area contributed by atoms with Gasteiger partial charge in [0.25, 0.3) is 11.4 Å². The second kappa shape index (κ2) is 22.7. The number of pyridine rings is 3. The second-order valence-corrected chi connectivity index (χ2v) is 15.9. The number of carbonyl (C=O) groups is 2. The molecule has 69 heavy (non-hydrogen) atoms. The van der Waals surface area contributed by atoms with E-state index in [1.54, 1.807) is 130 Å². The van der Waals surface area contributed by atoms with E-state index in [-0.39, 0.29) is 34.9 Å². The van der Waals surface area contributed by atoms with E-state index < -0.39 is 60.0 Å². The number of nitro benzene ring substituents is 2. The number of fused-ring (bicyclic) bond motifs is 1. The fourth-order valence-corrected chi connectivity index (χ4v) is 7.41. The number of non-ortho nitro benzene ring substituents is 1. The van der Waals surface area contributed by atoms with E-state index in [1.165, 1.54) is 18.2 Å². The van der Waals surface area contributed by atoms with E-state index in [0.29, 0.717) is 44.4 Å². The molecule has 3 atom stereocenters. The van der Waals surface area contributed by atoms with Crippen molar-refractivity contribution in [2.45, 2.75) is 51.5 Å². The number of carbonyl (C=O) groups excluding carboxylic acids is 2. The van der Waals surface area contributed by atoms with E-state index in [1.807, 2.05) is 12.1 Å². The van der Waals surface area contributed by atoms with Crippen LogP contribution in [0.4, 0.5) is 32.6 Å². The average molecular weight is 958 g/mol. The first-order chi connectivity index (χ1) is 33.3. The van der Waals surface area contributed by atoms with E-state index in [4.69, 9.17) is 40.0 Å². The minimum atomic E-state index is -1.12. The predicted molar refractivity (Wildman–Crippen MR) is 253 cm³/mol. The van der Waals surface area contributed by atoms with Gasteiger partial charge in [0, 0.05) is 70.3 Å². The van der Waals surface area contributed by atoms with Crippen molar-refractivity contribution < 1.29 is 47.9 Å². The summed E-state index contributed by atoms with van der Waals surface area (Å²) in [5.41, 5.74) is 2.52. The van der Waals surface area contributed by atoms with Gasteiger partial charge in [-0.25, -0.2) is 19.6 Å². The molecule has 0 amide bonds. The molecule has 3 aromatic heterocycles. The second-order valence-electron chi connectivity index (χ2n) is 15.4. The van der Waals surface area contributed by atoms with Gasteiger partial charge >= 0.3 is 12.3 Å². The molecule has 19 nitrogen and oxygen atoms in total. The van der Waals surface area contributed by atoms with Crippen molar-refractivity contribution in [2.75, 3.05) is 24.2 Å². The Morgan fingerprint density at radius 2 is 1.29 bits per heavy atom. The number of nitrogens with zero attached hydrogens (tertiary/aromatic N) is 5. The van der Waals surface area contributed by atoms with Crippen molar-refractivity contribution in [3.8, 4) is 11.5 Å². The number of halogens is 1. The summed E-state index contributed by atoms with van der Waals surface area (Å²) in [5.74, 6) is 1.47. The molecule has 7 rings (SSSR count). The number of ether oxygens (including phenoxy) is 6. The van der Waals surface area contributed by atoms with Crippen LogP contribution in [0.5, 0.6) is 11.5 Å². The maximum atomic E-state index is 13.1. The fourth-order valence-electron chi connectivity index (χ4n) is 7.23. The quantitative estimate of drug-likeness (QED) is 0.0312. The Morgan fingerprint density at radius 3 is 1.93 bits per heavy atom. The predicted octanol–water partition coefficient (Wildman–Crippen LogP) is 10.9. The molecule has 3 heterocycles. The third-order valence-corrected chi connectivity index (χ3v) is 10.5. The Labute approximate surface area is 399 Å². The molecule has 20 heteroatoms. The summed E-state index contributed by atoms with van der Waals surface area (Å²) >= 11 is 6.45. The molecule has 4 aromatic carbocycles. The van der Waals surface area contributed by atoms with Gasteiger partial charge in [-0.3, -0.25) is 25.2 Å². The molecule has 0 radical (unpaired) electrons. The van der Waals surface area contributed by atoms with Crippen LogP contribution >= 0.6 is 11.6 Å². The molecule has 0 saturated carbocycles. The lowest BCUT2D eigenvalue weighted by molar-refractivity contribution is -0.385. The summed E-state index contributed by atoms with van der Waals surface area (Å²) in [4.78, 5) is 61.5. The Morgan fingerprint density at radius 1 is 0.652 bits per heavy atom. The number of aromatic nitrogens is 3. The molecule has 3 unspecified atom stereocenters. The number of nitrogens with one attached hydrogen (secondary N) is 2. The first-order valence-electron chi connectivity index (χ1n) is 21.3. The van der Waals surface area contributed by atoms with Crippen LogP contribution in [0.3, 0.4) is 0 Å². The zero-order valence-corrected chi connectivity index (χ0v) is 38.0. The Balaban J connectivity index is 1.10. The maximum absolute atomic E-state index is 13.1. The Hall–Kier alpha value is -8.58. The van der Waals surface area contributed by atoms with Crippen LogP contribution in [-0.4, -0.2) is 62.9 Å². The van der Waals surface area contributed by atoms with Crippen LogP contribution in [-0.2, 0) is 25.4 Å². The normalized spacial score (nSPS) is 12.2. The molecule has 0 bridgehead atoms. The molecule has 0 spiro atoms. The number of hydrogen-bond donors (Lipinski definition) is 2. The number of hydrogen-bond acceptors (Lipinski definition) is 17. The summed E-state index contributed by atoms with van der Waals surface area (Å²) in [6, 6.07) is 31.7. The largest absolute Gasteiger partial charge is 0.511 e. The number of rotatable bonds is 20. The lowest BCUT2D eigenvalue weighted by atomic mass is 9.93. The van der Waals surface area contributed by atoms with Gasteiger partial charge in [0.15, 0.2) is 5.75 Å². The zero-order valence-electron chi connectivity index (χ0n) is 37.2. The van der Waals surface area contributed by atoms with Crippen LogP contribution in [0.2, 0.25) is 5.02 Å². The van der Waals surface area contributed by atoms with Gasteiger partial charge in [0.2, 0.25) is 13.6 Å². The number of nitro groups is 2. The van der Waals surface area contributed by atoms with E-state index in [9.17, 15) is 29.8 Å². The summed E-state index contributed by atoms with van der Waals surface area (Å²) in [7, 11) is 0. The van der Waals surface area contributed by atoms with Gasteiger partial charge in [-0.2, -0.15) is 0 Å². The minimum absolute atomic E-state index is 0.0999. The zero-order chi connectivity index (χ0) is 48.9. The topological polar surface area (TPSA) is 239 Å². The first kappa shape index (κ1) is 48.4. The molecule has 7 aromatic rings. The van der Waals surface area contributed by atoms with Crippen molar-refractivity contribution in [3.63, 3.8) is 0 Å². The molecule has 0 aliphatic heterocycles. The molecule has 0 fully saturated rings. The van der Waals surface area contributed by atoms with Gasteiger partial charge < -0.3 is 39.1 Å². The summed E-state index contributed by atoms with van der Waals surface area (Å²) in [6.07, 6.45) is 1.28. The summed E-state index contributed by atoms with van der Waals surface area (Å²) in [5, 5.41) is 31.6. The highest BCUT2D eigenvalue weighted by atomic mass is 35.5. The number of anilines is 2. The molecular formula is C49H44ClN7O12. The molecule has 0 saturated heterocycles. The maximum Gasteiger partial charge on any atom is 0.511 e. The van der Waals surface area contributed by atoms with Gasteiger partial charge in [-0.15, -0.1) is 0 Å². The van der Waals surface area contributed by atoms with Crippen LogP contribution in [0, 0.1) is 20.2 Å². The monoisotopic (exact) mass is 957 g/mol. The smallest absolute Gasteiger partial charge is 0.457 e. The standard InChI is InChI=1S/C49H44ClN7O12/c1-30(2)68-48(58)67-29-65-47-38(19-14-32-9-8-24-53-46(32)47)45(55-43-11-5-7-23-52-43)34-15-20-40(57(62)63)35(26-34)25-31(3)69-49(59)66-28-64-41-21-16-36(50)27-39(41)44(54-42-10-4-6-22-51-42)33-12-17-37(18-13-33)56(60)61/h4-24,26-27,30-31,44-45H,25,28-29H2,1-3H3,(H,51,54)(H,52,55). The Bertz CT molecular complexity index is 2910. The van der Waals surface area contributed by atoms with Gasteiger partial charge in [0.05, 0.1) is 28.0 Å². The van der Waals surface area contributed by atoms with Gasteiger partial charge in [-0.05, 0) is 105 Å². The molecular weight excluding hydrogens is 914 g/mol. The molecule has 0 aliphatic rings. The highest BCUT2D eigenvalue weighted by Gasteiger charge is 2.27. The highest BCUT2D eigenvalue weighted by Crippen LogP contribution is 2.39. The van der Waals surface area contributed by atoms with Gasteiger partial charge in [0.1, 0.15) is 29.0 Å².